The Labute approximate surface area is 117 Å². The molecule has 0 aromatic heterocycles. The smallest absolute Gasteiger partial charge is 0.406 e. The first-order valence-electron chi connectivity index (χ1n) is 5.77. The molecular formula is C14H9F4NO2. The summed E-state index contributed by atoms with van der Waals surface area (Å²) >= 11 is 0. The van der Waals surface area contributed by atoms with Crippen LogP contribution in [0.5, 0.6) is 5.75 Å². The molecular weight excluding hydrogens is 290 g/mol. The van der Waals surface area contributed by atoms with Crippen LogP contribution in [-0.2, 0) is 0 Å². The largest absolute Gasteiger partial charge is 0.573 e. The van der Waals surface area contributed by atoms with E-state index in [2.05, 4.69) is 10.1 Å². The molecule has 3 nitrogen and oxygen atoms in total. The number of hydrogen-bond acceptors (Lipinski definition) is 2. The van der Waals surface area contributed by atoms with E-state index in [1.54, 1.807) is 0 Å². The molecule has 0 heterocycles. The summed E-state index contributed by atoms with van der Waals surface area (Å²) < 4.78 is 53.0. The van der Waals surface area contributed by atoms with E-state index < -0.39 is 23.8 Å². The summed E-state index contributed by atoms with van der Waals surface area (Å²) in [5.41, 5.74) is 0.0610. The third-order valence-corrected chi connectivity index (χ3v) is 2.46. The number of hydrogen-bond donors (Lipinski definition) is 1. The highest BCUT2D eigenvalue weighted by molar-refractivity contribution is 6.04. The van der Waals surface area contributed by atoms with Gasteiger partial charge in [0.2, 0.25) is 0 Å². The molecule has 7 heteroatoms. The Morgan fingerprint density at radius 2 is 1.62 bits per heavy atom. The average molecular weight is 299 g/mol. The standard InChI is InChI=1S/C14H9F4NO2/c15-12-4-2-1-3-11(12)13(20)19-9-5-7-10(8-6-9)21-14(16,17)18/h1-8H,(H,19,20). The molecule has 2 rings (SSSR count). The van der Waals surface area contributed by atoms with E-state index in [0.29, 0.717) is 0 Å². The Kier molecular flexibility index (Phi) is 4.11. The quantitative estimate of drug-likeness (QED) is 0.871. The van der Waals surface area contributed by atoms with E-state index in [4.69, 9.17) is 0 Å². The molecule has 21 heavy (non-hydrogen) atoms. The van der Waals surface area contributed by atoms with Crippen molar-refractivity contribution in [1.29, 1.82) is 0 Å². The third kappa shape index (κ3) is 4.20. The van der Waals surface area contributed by atoms with Crippen molar-refractivity contribution < 1.29 is 27.1 Å². The zero-order chi connectivity index (χ0) is 15.5. The lowest BCUT2D eigenvalue weighted by atomic mass is 10.2. The van der Waals surface area contributed by atoms with Gasteiger partial charge in [0, 0.05) is 5.69 Å². The van der Waals surface area contributed by atoms with Crippen LogP contribution in [0.4, 0.5) is 23.2 Å². The summed E-state index contributed by atoms with van der Waals surface area (Å²) in [6.45, 7) is 0. The SMILES string of the molecule is O=C(Nc1ccc(OC(F)(F)F)cc1)c1ccccc1F. The van der Waals surface area contributed by atoms with Crippen LogP contribution in [-0.4, -0.2) is 12.3 Å². The summed E-state index contributed by atoms with van der Waals surface area (Å²) in [6.07, 6.45) is -4.78. The van der Waals surface area contributed by atoms with E-state index in [0.717, 1.165) is 18.2 Å². The van der Waals surface area contributed by atoms with Crippen LogP contribution in [0.25, 0.3) is 0 Å². The van der Waals surface area contributed by atoms with Gasteiger partial charge in [-0.25, -0.2) is 4.39 Å². The molecule has 1 N–H and O–H groups in total. The van der Waals surface area contributed by atoms with Gasteiger partial charge in [-0.2, -0.15) is 0 Å². The molecule has 0 atom stereocenters. The molecule has 0 aliphatic heterocycles. The summed E-state index contributed by atoms with van der Waals surface area (Å²) in [6, 6.07) is 9.91. The minimum Gasteiger partial charge on any atom is -0.406 e. The Bertz CT molecular complexity index is 638. The summed E-state index contributed by atoms with van der Waals surface area (Å²) in [5, 5.41) is 2.37. The van der Waals surface area contributed by atoms with Gasteiger partial charge in [-0.15, -0.1) is 13.2 Å². The maximum Gasteiger partial charge on any atom is 0.573 e. The first-order valence-corrected chi connectivity index (χ1v) is 5.77. The van der Waals surface area contributed by atoms with E-state index in [1.807, 2.05) is 0 Å². The molecule has 0 radical (unpaired) electrons. The number of ether oxygens (including phenoxy) is 1. The molecule has 0 spiro atoms. The second kappa shape index (κ2) is 5.82. The van der Waals surface area contributed by atoms with Crippen LogP contribution in [0.1, 0.15) is 10.4 Å². The molecule has 0 saturated carbocycles. The number of halogens is 4. The van der Waals surface area contributed by atoms with Crippen molar-refractivity contribution in [2.24, 2.45) is 0 Å². The van der Waals surface area contributed by atoms with Gasteiger partial charge in [0.1, 0.15) is 11.6 Å². The summed E-state index contributed by atoms with van der Waals surface area (Å²) in [5.74, 6) is -1.80. The van der Waals surface area contributed by atoms with E-state index in [-0.39, 0.29) is 11.3 Å². The van der Waals surface area contributed by atoms with Crippen molar-refractivity contribution >= 4 is 11.6 Å². The van der Waals surface area contributed by atoms with Crippen LogP contribution in [0, 0.1) is 5.82 Å². The number of rotatable bonds is 3. The maximum absolute atomic E-state index is 13.4. The van der Waals surface area contributed by atoms with Crippen LogP contribution < -0.4 is 10.1 Å². The number of nitrogens with one attached hydrogen (secondary N) is 1. The second-order valence-corrected chi connectivity index (χ2v) is 4.01. The minimum atomic E-state index is -4.78. The molecule has 0 fully saturated rings. The van der Waals surface area contributed by atoms with Crippen molar-refractivity contribution in [3.63, 3.8) is 0 Å². The molecule has 0 unspecified atom stereocenters. The normalized spacial score (nSPS) is 11.0. The second-order valence-electron chi connectivity index (χ2n) is 4.01. The van der Waals surface area contributed by atoms with Gasteiger partial charge in [-0.1, -0.05) is 12.1 Å². The van der Waals surface area contributed by atoms with Gasteiger partial charge in [0.25, 0.3) is 5.91 Å². The molecule has 0 aliphatic carbocycles. The third-order valence-electron chi connectivity index (χ3n) is 2.46. The fraction of sp³-hybridized carbons (Fsp3) is 0.0714. The first kappa shape index (κ1) is 14.8. The number of amides is 1. The Morgan fingerprint density at radius 3 is 2.19 bits per heavy atom. The average Bonchev–Trinajstić information content (AvgIpc) is 2.40. The van der Waals surface area contributed by atoms with E-state index in [9.17, 15) is 22.4 Å². The van der Waals surface area contributed by atoms with Crippen LogP contribution in [0.3, 0.4) is 0 Å². The Morgan fingerprint density at radius 1 is 1.00 bits per heavy atom. The molecule has 110 valence electrons. The Balaban J connectivity index is 2.07. The van der Waals surface area contributed by atoms with Gasteiger partial charge in [0.05, 0.1) is 5.56 Å². The van der Waals surface area contributed by atoms with Gasteiger partial charge < -0.3 is 10.1 Å². The number of alkyl halides is 3. The van der Waals surface area contributed by atoms with Crippen molar-refractivity contribution in [3.05, 3.63) is 59.9 Å². The van der Waals surface area contributed by atoms with Crippen molar-refractivity contribution in [2.75, 3.05) is 5.32 Å². The molecule has 1 amide bonds. The highest BCUT2D eigenvalue weighted by Gasteiger charge is 2.30. The topological polar surface area (TPSA) is 38.3 Å². The molecule has 0 bridgehead atoms. The predicted molar refractivity (Wildman–Crippen MR) is 67.5 cm³/mol. The van der Waals surface area contributed by atoms with Crippen molar-refractivity contribution in [2.45, 2.75) is 6.36 Å². The zero-order valence-electron chi connectivity index (χ0n) is 10.4. The lowest BCUT2D eigenvalue weighted by Crippen LogP contribution is -2.17. The fourth-order valence-corrected chi connectivity index (χ4v) is 1.58. The highest BCUT2D eigenvalue weighted by atomic mass is 19.4. The fourth-order valence-electron chi connectivity index (χ4n) is 1.58. The minimum absolute atomic E-state index is 0.159. The van der Waals surface area contributed by atoms with Crippen molar-refractivity contribution in [1.82, 2.24) is 0 Å². The lowest BCUT2D eigenvalue weighted by molar-refractivity contribution is -0.274. The van der Waals surface area contributed by atoms with Gasteiger partial charge in [0.15, 0.2) is 0 Å². The summed E-state index contributed by atoms with van der Waals surface area (Å²) in [7, 11) is 0. The number of anilines is 1. The summed E-state index contributed by atoms with van der Waals surface area (Å²) in [4.78, 5) is 11.8. The van der Waals surface area contributed by atoms with Crippen LogP contribution >= 0.6 is 0 Å². The number of carbonyl (C=O) groups excluding carboxylic acids is 1. The molecule has 0 saturated heterocycles. The zero-order valence-corrected chi connectivity index (χ0v) is 10.4. The van der Waals surface area contributed by atoms with E-state index in [1.165, 1.54) is 30.3 Å². The van der Waals surface area contributed by atoms with Crippen LogP contribution in [0.2, 0.25) is 0 Å². The highest BCUT2D eigenvalue weighted by Crippen LogP contribution is 2.24. The van der Waals surface area contributed by atoms with Gasteiger partial charge in [-0.3, -0.25) is 4.79 Å². The van der Waals surface area contributed by atoms with E-state index >= 15 is 0 Å². The predicted octanol–water partition coefficient (Wildman–Crippen LogP) is 3.98. The van der Waals surface area contributed by atoms with Crippen LogP contribution in [0.15, 0.2) is 48.5 Å². The lowest BCUT2D eigenvalue weighted by Gasteiger charge is -2.10. The molecule has 0 aliphatic rings. The maximum atomic E-state index is 13.4. The van der Waals surface area contributed by atoms with Gasteiger partial charge >= 0.3 is 6.36 Å². The van der Waals surface area contributed by atoms with Gasteiger partial charge in [-0.05, 0) is 36.4 Å². The molecule has 2 aromatic rings. The Hall–Kier alpha value is -2.57. The van der Waals surface area contributed by atoms with Crippen molar-refractivity contribution in [3.8, 4) is 5.75 Å². The first-order chi connectivity index (χ1) is 9.85. The number of benzene rings is 2. The monoisotopic (exact) mass is 299 g/mol. The molecule has 2 aromatic carbocycles. The number of carbonyl (C=O) groups is 1.